The number of hydrogen-bond acceptors (Lipinski definition) is 8. The Kier molecular flexibility index (Phi) is 8.14. The third kappa shape index (κ3) is 6.05. The molecule has 2 aliphatic heterocycles. The highest BCUT2D eigenvalue weighted by atomic mass is 32.2. The van der Waals surface area contributed by atoms with Crippen molar-refractivity contribution < 1.29 is 9.47 Å². The Balaban J connectivity index is 1.24. The highest BCUT2D eigenvalue weighted by Crippen LogP contribution is 2.31. The van der Waals surface area contributed by atoms with Gasteiger partial charge in [0.2, 0.25) is 0 Å². The summed E-state index contributed by atoms with van der Waals surface area (Å²) < 4.78 is 10.9. The van der Waals surface area contributed by atoms with Crippen LogP contribution in [0.5, 0.6) is 0 Å². The fourth-order valence-electron chi connectivity index (χ4n) is 4.51. The van der Waals surface area contributed by atoms with Crippen LogP contribution in [0.3, 0.4) is 0 Å². The summed E-state index contributed by atoms with van der Waals surface area (Å²) in [5.74, 6) is 0.815. The summed E-state index contributed by atoms with van der Waals surface area (Å²) in [5.41, 5.74) is 4.50. The first-order valence-corrected chi connectivity index (χ1v) is 13.2. The largest absolute Gasteiger partial charge is 0.379 e. The molecule has 1 atom stereocenters. The lowest BCUT2D eigenvalue weighted by Crippen LogP contribution is -2.38. The molecular formula is C28H31N5O2S. The molecular weight excluding hydrogens is 470 g/mol. The van der Waals surface area contributed by atoms with Gasteiger partial charge in [0, 0.05) is 49.4 Å². The van der Waals surface area contributed by atoms with Gasteiger partial charge in [0.05, 0.1) is 32.5 Å². The predicted molar refractivity (Wildman–Crippen MR) is 140 cm³/mol. The van der Waals surface area contributed by atoms with Crippen LogP contribution in [0.2, 0.25) is 0 Å². The number of nitriles is 1. The van der Waals surface area contributed by atoms with Crippen LogP contribution in [-0.4, -0.2) is 67.5 Å². The molecule has 36 heavy (non-hydrogen) atoms. The van der Waals surface area contributed by atoms with Crippen molar-refractivity contribution in [2.75, 3.05) is 57.5 Å². The summed E-state index contributed by atoms with van der Waals surface area (Å²) in [5, 5.41) is 10.7. The van der Waals surface area contributed by atoms with Crippen LogP contribution >= 0.6 is 11.8 Å². The van der Waals surface area contributed by atoms with E-state index in [2.05, 4.69) is 69.4 Å². The highest BCUT2D eigenvalue weighted by Gasteiger charge is 2.22. The van der Waals surface area contributed by atoms with E-state index in [-0.39, 0.29) is 6.04 Å². The van der Waals surface area contributed by atoms with Gasteiger partial charge in [0.1, 0.15) is 16.9 Å². The molecule has 0 spiro atoms. The van der Waals surface area contributed by atoms with E-state index in [0.29, 0.717) is 19.6 Å². The summed E-state index contributed by atoms with van der Waals surface area (Å²) >= 11 is 1.64. The van der Waals surface area contributed by atoms with Gasteiger partial charge in [-0.15, -0.1) is 0 Å². The number of ether oxygens (including phenoxy) is 2. The van der Waals surface area contributed by atoms with Crippen LogP contribution < -0.4 is 4.90 Å². The van der Waals surface area contributed by atoms with E-state index in [1.807, 2.05) is 13.1 Å². The van der Waals surface area contributed by atoms with Gasteiger partial charge in [-0.05, 0) is 47.9 Å². The minimum atomic E-state index is -0.241. The first-order chi connectivity index (χ1) is 17.7. The van der Waals surface area contributed by atoms with Crippen molar-refractivity contribution in [2.24, 2.45) is 0 Å². The number of benzene rings is 2. The Hall–Kier alpha value is -2.96. The summed E-state index contributed by atoms with van der Waals surface area (Å²) in [6.45, 7) is 8.42. The average molecular weight is 502 g/mol. The number of rotatable bonds is 7. The molecule has 0 bridgehead atoms. The zero-order chi connectivity index (χ0) is 24.7. The van der Waals surface area contributed by atoms with E-state index in [0.717, 1.165) is 66.3 Å². The Labute approximate surface area is 217 Å². The molecule has 8 heteroatoms. The number of anilines is 1. The zero-order valence-electron chi connectivity index (χ0n) is 20.6. The van der Waals surface area contributed by atoms with Gasteiger partial charge in [-0.1, -0.05) is 36.0 Å². The summed E-state index contributed by atoms with van der Waals surface area (Å²) in [6, 6.07) is 19.2. The molecule has 0 N–H and O–H groups in total. The van der Waals surface area contributed by atoms with Crippen LogP contribution in [0.15, 0.2) is 64.6 Å². The molecule has 2 aliphatic rings. The molecule has 0 radical (unpaired) electrons. The van der Waals surface area contributed by atoms with Gasteiger partial charge in [-0.3, -0.25) is 4.90 Å². The smallest absolute Gasteiger partial charge is 0.133 e. The summed E-state index contributed by atoms with van der Waals surface area (Å²) in [6.07, 6.45) is 2.60. The van der Waals surface area contributed by atoms with Crippen molar-refractivity contribution in [2.45, 2.75) is 29.3 Å². The van der Waals surface area contributed by atoms with Gasteiger partial charge in [0.15, 0.2) is 0 Å². The van der Waals surface area contributed by atoms with E-state index in [1.165, 1.54) is 11.3 Å². The molecule has 186 valence electrons. The lowest BCUT2D eigenvalue weighted by molar-refractivity contribution is 0.0266. The molecule has 0 saturated carbocycles. The molecule has 2 fully saturated rings. The van der Waals surface area contributed by atoms with E-state index >= 15 is 0 Å². The standard InChI is InChI=1S/C28H31N5O2S/c1-21-20-30-27(18-22-2-6-24(7-3-22)32-10-14-34-15-11-32)31-28(21)36-25-8-4-23(5-9-25)26(19-29)33-12-16-35-17-13-33/h2-9,20,26H,10-18H2,1H3. The monoisotopic (exact) mass is 501 g/mol. The Morgan fingerprint density at radius 3 is 2.28 bits per heavy atom. The minimum Gasteiger partial charge on any atom is -0.379 e. The first-order valence-electron chi connectivity index (χ1n) is 12.4. The number of hydrogen-bond donors (Lipinski definition) is 0. The second-order valence-electron chi connectivity index (χ2n) is 9.07. The Bertz CT molecular complexity index is 1180. The topological polar surface area (TPSA) is 74.5 Å². The van der Waals surface area contributed by atoms with Crippen LogP contribution in [0.1, 0.15) is 28.6 Å². The number of morpholine rings is 2. The fraction of sp³-hybridized carbons (Fsp3) is 0.393. The quantitative estimate of drug-likeness (QED) is 0.445. The van der Waals surface area contributed by atoms with Gasteiger partial charge >= 0.3 is 0 Å². The Morgan fingerprint density at radius 2 is 1.61 bits per heavy atom. The maximum absolute atomic E-state index is 9.74. The second-order valence-corrected chi connectivity index (χ2v) is 10.1. The molecule has 2 aromatic carbocycles. The van der Waals surface area contributed by atoms with E-state index in [4.69, 9.17) is 14.5 Å². The molecule has 3 heterocycles. The maximum Gasteiger partial charge on any atom is 0.133 e. The zero-order valence-corrected chi connectivity index (χ0v) is 21.4. The minimum absolute atomic E-state index is 0.241. The van der Waals surface area contributed by atoms with Crippen LogP contribution in [-0.2, 0) is 15.9 Å². The predicted octanol–water partition coefficient (Wildman–Crippen LogP) is 4.26. The van der Waals surface area contributed by atoms with Crippen molar-refractivity contribution in [3.8, 4) is 6.07 Å². The van der Waals surface area contributed by atoms with Crippen molar-refractivity contribution in [1.82, 2.24) is 14.9 Å². The Morgan fingerprint density at radius 1 is 0.944 bits per heavy atom. The van der Waals surface area contributed by atoms with Gasteiger partial charge < -0.3 is 14.4 Å². The third-order valence-electron chi connectivity index (χ3n) is 6.59. The highest BCUT2D eigenvalue weighted by molar-refractivity contribution is 7.99. The second kappa shape index (κ2) is 11.8. The summed E-state index contributed by atoms with van der Waals surface area (Å²) in [7, 11) is 0. The molecule has 3 aromatic rings. The van der Waals surface area contributed by atoms with Crippen molar-refractivity contribution in [3.05, 3.63) is 77.2 Å². The molecule has 0 amide bonds. The van der Waals surface area contributed by atoms with E-state index in [9.17, 15) is 5.26 Å². The van der Waals surface area contributed by atoms with Gasteiger partial charge in [0.25, 0.3) is 0 Å². The summed E-state index contributed by atoms with van der Waals surface area (Å²) in [4.78, 5) is 15.1. The van der Waals surface area contributed by atoms with Crippen LogP contribution in [0, 0.1) is 18.3 Å². The molecule has 1 aromatic heterocycles. The third-order valence-corrected chi connectivity index (χ3v) is 7.71. The average Bonchev–Trinajstić information content (AvgIpc) is 2.93. The van der Waals surface area contributed by atoms with Crippen molar-refractivity contribution in [1.29, 1.82) is 5.26 Å². The molecule has 2 saturated heterocycles. The SMILES string of the molecule is Cc1cnc(Cc2ccc(N3CCOCC3)cc2)nc1Sc1ccc(C(C#N)N2CCOCC2)cc1. The van der Waals surface area contributed by atoms with Gasteiger partial charge in [-0.25, -0.2) is 9.97 Å². The molecule has 0 aliphatic carbocycles. The van der Waals surface area contributed by atoms with Crippen LogP contribution in [0.25, 0.3) is 0 Å². The van der Waals surface area contributed by atoms with Gasteiger partial charge in [-0.2, -0.15) is 5.26 Å². The fourth-order valence-corrected chi connectivity index (χ4v) is 5.37. The number of aryl methyl sites for hydroxylation is 1. The van der Waals surface area contributed by atoms with Crippen LogP contribution in [0.4, 0.5) is 5.69 Å². The number of aromatic nitrogens is 2. The first kappa shape index (κ1) is 24.7. The lowest BCUT2D eigenvalue weighted by Gasteiger charge is -2.30. The maximum atomic E-state index is 9.74. The molecule has 1 unspecified atom stereocenters. The molecule has 7 nitrogen and oxygen atoms in total. The molecule has 5 rings (SSSR count). The van der Waals surface area contributed by atoms with E-state index < -0.39 is 0 Å². The number of nitrogens with zero attached hydrogens (tertiary/aromatic N) is 5. The lowest BCUT2D eigenvalue weighted by atomic mass is 10.1. The van der Waals surface area contributed by atoms with Crippen molar-refractivity contribution in [3.63, 3.8) is 0 Å². The van der Waals surface area contributed by atoms with E-state index in [1.54, 1.807) is 11.8 Å². The van der Waals surface area contributed by atoms with Crippen molar-refractivity contribution >= 4 is 17.4 Å². The normalized spacial score (nSPS) is 17.5.